The topological polar surface area (TPSA) is 29.9 Å². The molecule has 15 heavy (non-hydrogen) atoms. The van der Waals surface area contributed by atoms with Crippen LogP contribution in [0.1, 0.15) is 38.4 Å². The predicted octanol–water partition coefficient (Wildman–Crippen LogP) is 2.43. The summed E-state index contributed by atoms with van der Waals surface area (Å²) < 4.78 is 1.99. The van der Waals surface area contributed by atoms with E-state index < -0.39 is 0 Å². The van der Waals surface area contributed by atoms with E-state index in [1.165, 1.54) is 5.57 Å². The Morgan fingerprint density at radius 3 is 2.87 bits per heavy atom. The van der Waals surface area contributed by atoms with Crippen LogP contribution >= 0.6 is 0 Å². The van der Waals surface area contributed by atoms with Gasteiger partial charge in [-0.05, 0) is 26.3 Å². The van der Waals surface area contributed by atoms with Crippen molar-refractivity contribution in [1.29, 1.82) is 0 Å². The van der Waals surface area contributed by atoms with Crippen LogP contribution in [0, 0.1) is 0 Å². The fourth-order valence-corrected chi connectivity index (χ4v) is 1.60. The molecule has 0 amide bonds. The van der Waals surface area contributed by atoms with Gasteiger partial charge in [-0.15, -0.1) is 6.58 Å². The first kappa shape index (κ1) is 12.0. The van der Waals surface area contributed by atoms with Crippen molar-refractivity contribution in [3.8, 4) is 0 Å². The Hall–Kier alpha value is -1.09. The number of aromatic nitrogens is 2. The average molecular weight is 207 g/mol. The van der Waals surface area contributed by atoms with Gasteiger partial charge in [0.05, 0.1) is 18.1 Å². The van der Waals surface area contributed by atoms with E-state index in [1.54, 1.807) is 0 Å². The SMILES string of the molecule is C=C(C)CCC(NCC)c1cn(C)cn1. The van der Waals surface area contributed by atoms with Gasteiger partial charge in [-0.3, -0.25) is 0 Å². The Bertz CT molecular complexity index is 314. The Labute approximate surface area is 92.2 Å². The van der Waals surface area contributed by atoms with Gasteiger partial charge in [0.25, 0.3) is 0 Å². The summed E-state index contributed by atoms with van der Waals surface area (Å²) in [5.74, 6) is 0. The highest BCUT2D eigenvalue weighted by atomic mass is 15.0. The van der Waals surface area contributed by atoms with Crippen LogP contribution < -0.4 is 5.32 Å². The molecule has 0 saturated carbocycles. The Morgan fingerprint density at radius 2 is 2.40 bits per heavy atom. The van der Waals surface area contributed by atoms with E-state index in [0.29, 0.717) is 6.04 Å². The lowest BCUT2D eigenvalue weighted by Crippen LogP contribution is -2.21. The molecule has 0 saturated heterocycles. The molecule has 0 aliphatic heterocycles. The number of imidazole rings is 1. The van der Waals surface area contributed by atoms with Crippen LogP contribution in [0.4, 0.5) is 0 Å². The Balaban J connectivity index is 2.60. The maximum atomic E-state index is 4.38. The highest BCUT2D eigenvalue weighted by Gasteiger charge is 2.12. The van der Waals surface area contributed by atoms with Crippen molar-refractivity contribution in [2.24, 2.45) is 7.05 Å². The van der Waals surface area contributed by atoms with Crippen molar-refractivity contribution < 1.29 is 0 Å². The quantitative estimate of drug-likeness (QED) is 0.726. The number of nitrogens with one attached hydrogen (secondary N) is 1. The van der Waals surface area contributed by atoms with Gasteiger partial charge in [0.1, 0.15) is 0 Å². The third kappa shape index (κ3) is 3.88. The molecule has 1 atom stereocenters. The minimum absolute atomic E-state index is 0.355. The van der Waals surface area contributed by atoms with E-state index in [9.17, 15) is 0 Å². The predicted molar refractivity (Wildman–Crippen MR) is 63.7 cm³/mol. The molecule has 0 aliphatic carbocycles. The van der Waals surface area contributed by atoms with Gasteiger partial charge >= 0.3 is 0 Å². The fourth-order valence-electron chi connectivity index (χ4n) is 1.60. The van der Waals surface area contributed by atoms with Crippen LogP contribution in [0.25, 0.3) is 0 Å². The molecule has 0 aliphatic rings. The van der Waals surface area contributed by atoms with E-state index >= 15 is 0 Å². The zero-order chi connectivity index (χ0) is 11.3. The number of aryl methyl sites for hydroxylation is 1. The van der Waals surface area contributed by atoms with Crippen LogP contribution in [0.5, 0.6) is 0 Å². The zero-order valence-electron chi connectivity index (χ0n) is 9.95. The molecule has 0 aromatic carbocycles. The molecule has 3 heteroatoms. The van der Waals surface area contributed by atoms with Gasteiger partial charge in [0, 0.05) is 13.2 Å². The van der Waals surface area contributed by atoms with Crippen molar-refractivity contribution in [1.82, 2.24) is 14.9 Å². The highest BCUT2D eigenvalue weighted by molar-refractivity contribution is 5.04. The van der Waals surface area contributed by atoms with Crippen LogP contribution in [0.3, 0.4) is 0 Å². The van der Waals surface area contributed by atoms with Gasteiger partial charge in [0.2, 0.25) is 0 Å². The van der Waals surface area contributed by atoms with E-state index in [2.05, 4.69) is 36.9 Å². The lowest BCUT2D eigenvalue weighted by atomic mass is 10.1. The summed E-state index contributed by atoms with van der Waals surface area (Å²) in [4.78, 5) is 4.38. The van der Waals surface area contributed by atoms with Crippen molar-refractivity contribution in [2.45, 2.75) is 32.7 Å². The van der Waals surface area contributed by atoms with E-state index in [1.807, 2.05) is 17.9 Å². The second-order valence-electron chi connectivity index (χ2n) is 4.07. The average Bonchev–Trinajstić information content (AvgIpc) is 2.59. The zero-order valence-corrected chi connectivity index (χ0v) is 9.95. The lowest BCUT2D eigenvalue weighted by Gasteiger charge is -2.15. The second-order valence-corrected chi connectivity index (χ2v) is 4.07. The van der Waals surface area contributed by atoms with Crippen molar-refractivity contribution in [3.63, 3.8) is 0 Å². The first-order valence-electron chi connectivity index (χ1n) is 5.49. The van der Waals surface area contributed by atoms with Crippen LogP contribution in [0.2, 0.25) is 0 Å². The highest BCUT2D eigenvalue weighted by Crippen LogP contribution is 2.18. The monoisotopic (exact) mass is 207 g/mol. The van der Waals surface area contributed by atoms with Gasteiger partial charge in [-0.2, -0.15) is 0 Å². The minimum atomic E-state index is 0.355. The molecule has 1 N–H and O–H groups in total. The van der Waals surface area contributed by atoms with Crippen molar-refractivity contribution >= 4 is 0 Å². The summed E-state index contributed by atoms with van der Waals surface area (Å²) in [7, 11) is 2.00. The normalized spacial score (nSPS) is 12.7. The molecule has 84 valence electrons. The summed E-state index contributed by atoms with van der Waals surface area (Å²) in [6.07, 6.45) is 6.04. The fraction of sp³-hybridized carbons (Fsp3) is 0.583. The molecule has 1 unspecified atom stereocenters. The molecule has 3 nitrogen and oxygen atoms in total. The van der Waals surface area contributed by atoms with Gasteiger partial charge in [0.15, 0.2) is 0 Å². The number of hydrogen-bond acceptors (Lipinski definition) is 2. The molecular formula is C12H21N3. The van der Waals surface area contributed by atoms with Crippen LogP contribution in [-0.2, 0) is 7.05 Å². The Kier molecular flexibility index (Phi) is 4.56. The largest absolute Gasteiger partial charge is 0.340 e. The van der Waals surface area contributed by atoms with E-state index in [0.717, 1.165) is 25.1 Å². The van der Waals surface area contributed by atoms with E-state index in [4.69, 9.17) is 0 Å². The van der Waals surface area contributed by atoms with Crippen molar-refractivity contribution in [3.05, 3.63) is 30.4 Å². The molecule has 1 heterocycles. The molecule has 1 aromatic heterocycles. The molecule has 1 rings (SSSR count). The number of hydrogen-bond donors (Lipinski definition) is 1. The molecule has 0 fully saturated rings. The van der Waals surface area contributed by atoms with Crippen LogP contribution in [-0.4, -0.2) is 16.1 Å². The number of nitrogens with zero attached hydrogens (tertiary/aromatic N) is 2. The van der Waals surface area contributed by atoms with E-state index in [-0.39, 0.29) is 0 Å². The molecular weight excluding hydrogens is 186 g/mol. The first-order valence-corrected chi connectivity index (χ1v) is 5.49. The third-order valence-corrected chi connectivity index (χ3v) is 2.39. The molecule has 0 spiro atoms. The maximum absolute atomic E-state index is 4.38. The summed E-state index contributed by atoms with van der Waals surface area (Å²) >= 11 is 0. The molecule has 0 radical (unpaired) electrons. The lowest BCUT2D eigenvalue weighted by molar-refractivity contribution is 0.504. The maximum Gasteiger partial charge on any atom is 0.0947 e. The number of rotatable bonds is 6. The van der Waals surface area contributed by atoms with Gasteiger partial charge < -0.3 is 9.88 Å². The number of allylic oxidation sites excluding steroid dienone is 1. The first-order chi connectivity index (χ1) is 7.13. The second kappa shape index (κ2) is 5.71. The summed E-state index contributed by atoms with van der Waals surface area (Å²) in [6, 6.07) is 0.355. The molecule has 1 aromatic rings. The van der Waals surface area contributed by atoms with Crippen molar-refractivity contribution in [2.75, 3.05) is 6.54 Å². The molecule has 0 bridgehead atoms. The summed E-state index contributed by atoms with van der Waals surface area (Å²) in [5.41, 5.74) is 2.36. The third-order valence-electron chi connectivity index (χ3n) is 2.39. The Morgan fingerprint density at radius 1 is 1.67 bits per heavy atom. The smallest absolute Gasteiger partial charge is 0.0947 e. The van der Waals surface area contributed by atoms with Crippen LogP contribution in [0.15, 0.2) is 24.7 Å². The van der Waals surface area contributed by atoms with Gasteiger partial charge in [-0.1, -0.05) is 12.5 Å². The van der Waals surface area contributed by atoms with Gasteiger partial charge in [-0.25, -0.2) is 4.98 Å². The minimum Gasteiger partial charge on any atom is -0.340 e. The summed E-state index contributed by atoms with van der Waals surface area (Å²) in [5, 5.41) is 3.45. The summed E-state index contributed by atoms with van der Waals surface area (Å²) in [6.45, 7) is 9.09. The standard InChI is InChI=1S/C12H21N3/c1-5-13-11(7-6-10(2)3)12-8-15(4)9-14-12/h8-9,11,13H,2,5-7H2,1,3-4H3.